The molecule has 8 heteroatoms. The van der Waals surface area contributed by atoms with Crippen LogP contribution < -0.4 is 10.2 Å². The molecule has 1 fully saturated rings. The van der Waals surface area contributed by atoms with Crippen LogP contribution in [0.3, 0.4) is 0 Å². The molecule has 3 rings (SSSR count). The van der Waals surface area contributed by atoms with Crippen LogP contribution >= 0.6 is 0 Å². The molecule has 1 saturated heterocycles. The summed E-state index contributed by atoms with van der Waals surface area (Å²) in [4.78, 5) is 18.3. The normalized spacial score (nSPS) is 16.1. The average molecular weight is 388 g/mol. The van der Waals surface area contributed by atoms with Crippen LogP contribution in [0.15, 0.2) is 53.6 Å². The lowest BCUT2D eigenvalue weighted by Crippen LogP contribution is -2.49. The molecule has 0 atom stereocenters. The molecule has 0 radical (unpaired) electrons. The molecule has 2 aromatic rings. The van der Waals surface area contributed by atoms with E-state index in [1.54, 1.807) is 49.6 Å². The van der Waals surface area contributed by atoms with Gasteiger partial charge in [-0.25, -0.2) is 18.2 Å². The zero-order chi connectivity index (χ0) is 19.4. The molecule has 1 aromatic heterocycles. The number of aryl methyl sites for hydroxylation is 1. The highest BCUT2D eigenvalue weighted by Crippen LogP contribution is 2.21. The van der Waals surface area contributed by atoms with Gasteiger partial charge in [0.2, 0.25) is 10.0 Å². The summed E-state index contributed by atoms with van der Waals surface area (Å²) in [5.41, 5.74) is 1.02. The molecule has 0 saturated carbocycles. The van der Waals surface area contributed by atoms with E-state index >= 15 is 0 Å². The highest BCUT2D eigenvalue weighted by atomic mass is 32.2. The Kier molecular flexibility index (Phi) is 5.76. The van der Waals surface area contributed by atoms with E-state index in [1.165, 1.54) is 9.21 Å². The number of nitrogens with zero attached hydrogens (tertiary/aromatic N) is 3. The summed E-state index contributed by atoms with van der Waals surface area (Å²) in [6.07, 6.45) is 2.79. The topological polar surface area (TPSA) is 82.6 Å². The van der Waals surface area contributed by atoms with E-state index in [4.69, 9.17) is 0 Å². The van der Waals surface area contributed by atoms with Gasteiger partial charge in [0.05, 0.1) is 4.90 Å². The zero-order valence-corrected chi connectivity index (χ0v) is 16.3. The van der Waals surface area contributed by atoms with E-state index in [0.29, 0.717) is 36.6 Å². The van der Waals surface area contributed by atoms with Crippen molar-refractivity contribution < 1.29 is 13.2 Å². The molecule has 1 aromatic carbocycles. The minimum absolute atomic E-state index is 0.0619. The Morgan fingerprint density at radius 2 is 1.81 bits per heavy atom. The number of sulfonamides is 1. The Balaban J connectivity index is 1.57. The van der Waals surface area contributed by atoms with Crippen LogP contribution in [0.5, 0.6) is 0 Å². The molecule has 0 spiro atoms. The van der Waals surface area contributed by atoms with Crippen molar-refractivity contribution in [3.63, 3.8) is 0 Å². The predicted molar refractivity (Wildman–Crippen MR) is 104 cm³/mol. The fourth-order valence-corrected chi connectivity index (χ4v) is 4.50. The summed E-state index contributed by atoms with van der Waals surface area (Å²) >= 11 is 0. The summed E-state index contributed by atoms with van der Waals surface area (Å²) in [5.74, 6) is 0.564. The van der Waals surface area contributed by atoms with Crippen LogP contribution in [0.1, 0.15) is 18.4 Å². The number of rotatable bonds is 4. The van der Waals surface area contributed by atoms with Crippen molar-refractivity contribution in [1.29, 1.82) is 0 Å². The maximum absolute atomic E-state index is 12.7. The van der Waals surface area contributed by atoms with Crippen LogP contribution in [0.25, 0.3) is 0 Å². The number of benzene rings is 1. The molecule has 0 unspecified atom stereocenters. The molecular formula is C19H24N4O3S. The van der Waals surface area contributed by atoms with E-state index in [0.717, 1.165) is 5.56 Å². The smallest absolute Gasteiger partial charge is 0.323 e. The second-order valence-corrected chi connectivity index (χ2v) is 8.63. The first kappa shape index (κ1) is 19.3. The molecule has 1 aliphatic rings. The lowest BCUT2D eigenvalue weighted by Gasteiger charge is -2.32. The fourth-order valence-electron chi connectivity index (χ4n) is 3.03. The van der Waals surface area contributed by atoms with E-state index < -0.39 is 10.0 Å². The summed E-state index contributed by atoms with van der Waals surface area (Å²) < 4.78 is 27.0. The van der Waals surface area contributed by atoms with Gasteiger partial charge in [-0.1, -0.05) is 23.8 Å². The standard InChI is InChI=1S/C19H24N4O3S/c1-15-6-8-17(9-7-15)27(25,26)23-13-10-16(11-14-23)21-19(24)22(2)18-5-3-4-12-20-18/h3-9,12,16H,10-11,13-14H2,1-2H3,(H,21,24). The monoisotopic (exact) mass is 388 g/mol. The van der Waals surface area contributed by atoms with Crippen LogP contribution in [0, 0.1) is 6.92 Å². The SMILES string of the molecule is Cc1ccc(S(=O)(=O)N2CCC(NC(=O)N(C)c3ccccn3)CC2)cc1. The number of anilines is 1. The molecule has 144 valence electrons. The van der Waals surface area contributed by atoms with E-state index in [1.807, 2.05) is 13.0 Å². The van der Waals surface area contributed by atoms with E-state index in [9.17, 15) is 13.2 Å². The van der Waals surface area contributed by atoms with E-state index in [2.05, 4.69) is 10.3 Å². The Morgan fingerprint density at radius 1 is 1.15 bits per heavy atom. The van der Waals surface area contributed by atoms with Gasteiger partial charge in [0.15, 0.2) is 0 Å². The Hall–Kier alpha value is -2.45. The van der Waals surface area contributed by atoms with Crippen molar-refractivity contribution in [2.45, 2.75) is 30.7 Å². The first-order valence-corrected chi connectivity index (χ1v) is 10.3. The number of nitrogens with one attached hydrogen (secondary N) is 1. The summed E-state index contributed by atoms with van der Waals surface area (Å²) in [6.45, 7) is 2.69. The van der Waals surface area contributed by atoms with Gasteiger partial charge in [-0.2, -0.15) is 4.31 Å². The Labute approximate surface area is 160 Å². The van der Waals surface area contributed by atoms with E-state index in [-0.39, 0.29) is 12.1 Å². The summed E-state index contributed by atoms with van der Waals surface area (Å²) in [6, 6.07) is 11.9. The Morgan fingerprint density at radius 3 is 2.41 bits per heavy atom. The van der Waals surface area contributed by atoms with Crippen molar-refractivity contribution in [2.24, 2.45) is 0 Å². The third-order valence-corrected chi connectivity index (χ3v) is 6.65. The molecule has 1 aliphatic heterocycles. The molecule has 27 heavy (non-hydrogen) atoms. The summed E-state index contributed by atoms with van der Waals surface area (Å²) in [5, 5.41) is 2.96. The maximum Gasteiger partial charge on any atom is 0.323 e. The molecule has 7 nitrogen and oxygen atoms in total. The van der Waals surface area contributed by atoms with Crippen molar-refractivity contribution >= 4 is 21.9 Å². The second kappa shape index (κ2) is 8.06. The van der Waals surface area contributed by atoms with Gasteiger partial charge in [0.25, 0.3) is 0 Å². The van der Waals surface area contributed by atoms with Gasteiger partial charge >= 0.3 is 6.03 Å². The second-order valence-electron chi connectivity index (χ2n) is 6.69. The highest BCUT2D eigenvalue weighted by molar-refractivity contribution is 7.89. The van der Waals surface area contributed by atoms with Gasteiger partial charge in [0, 0.05) is 32.4 Å². The average Bonchev–Trinajstić information content (AvgIpc) is 2.69. The first-order valence-electron chi connectivity index (χ1n) is 8.90. The molecular weight excluding hydrogens is 364 g/mol. The highest BCUT2D eigenvalue weighted by Gasteiger charge is 2.30. The van der Waals surface area contributed by atoms with Gasteiger partial charge in [0.1, 0.15) is 5.82 Å². The quantitative estimate of drug-likeness (QED) is 0.872. The number of piperidine rings is 1. The number of urea groups is 1. The fraction of sp³-hybridized carbons (Fsp3) is 0.368. The van der Waals surface area contributed by atoms with Crippen molar-refractivity contribution in [3.8, 4) is 0 Å². The van der Waals surface area contributed by atoms with Crippen LogP contribution in [0.2, 0.25) is 0 Å². The number of amides is 2. The molecule has 0 aliphatic carbocycles. The lowest BCUT2D eigenvalue weighted by atomic mass is 10.1. The predicted octanol–water partition coefficient (Wildman–Crippen LogP) is 2.39. The van der Waals surface area contributed by atoms with Crippen LogP contribution in [-0.2, 0) is 10.0 Å². The molecule has 2 heterocycles. The molecule has 0 bridgehead atoms. The molecule has 1 N–H and O–H groups in total. The number of hydrogen-bond donors (Lipinski definition) is 1. The van der Waals surface area contributed by atoms with Gasteiger partial charge in [-0.15, -0.1) is 0 Å². The van der Waals surface area contributed by atoms with Crippen molar-refractivity contribution in [1.82, 2.24) is 14.6 Å². The number of aromatic nitrogens is 1. The maximum atomic E-state index is 12.7. The Bertz CT molecular complexity index is 877. The summed E-state index contributed by atoms with van der Waals surface area (Å²) in [7, 11) is -1.83. The lowest BCUT2D eigenvalue weighted by molar-refractivity contribution is 0.234. The van der Waals surface area contributed by atoms with Gasteiger partial charge < -0.3 is 5.32 Å². The zero-order valence-electron chi connectivity index (χ0n) is 15.5. The van der Waals surface area contributed by atoms with Crippen molar-refractivity contribution in [2.75, 3.05) is 25.0 Å². The van der Waals surface area contributed by atoms with Crippen LogP contribution in [0.4, 0.5) is 10.6 Å². The van der Waals surface area contributed by atoms with Gasteiger partial charge in [-0.05, 0) is 44.0 Å². The van der Waals surface area contributed by atoms with Crippen molar-refractivity contribution in [3.05, 3.63) is 54.2 Å². The number of pyridine rings is 1. The minimum atomic E-state index is -3.49. The third-order valence-electron chi connectivity index (χ3n) is 4.74. The number of hydrogen-bond acceptors (Lipinski definition) is 4. The minimum Gasteiger partial charge on any atom is -0.335 e. The molecule has 2 amide bonds. The largest absolute Gasteiger partial charge is 0.335 e. The van der Waals surface area contributed by atoms with Crippen LogP contribution in [-0.4, -0.2) is 49.9 Å². The number of carbonyl (C=O) groups is 1. The number of carbonyl (C=O) groups excluding carboxylic acids is 1. The van der Waals surface area contributed by atoms with Gasteiger partial charge in [-0.3, -0.25) is 4.90 Å². The third kappa shape index (κ3) is 4.45. The first-order chi connectivity index (χ1) is 12.9.